The van der Waals surface area contributed by atoms with E-state index < -0.39 is 42.4 Å². The highest BCUT2D eigenvalue weighted by atomic mass is 19.4. The van der Waals surface area contributed by atoms with Crippen molar-refractivity contribution in [3.05, 3.63) is 35.5 Å². The van der Waals surface area contributed by atoms with Gasteiger partial charge in [0.25, 0.3) is 0 Å². The molecule has 0 bridgehead atoms. The first-order valence-corrected chi connectivity index (χ1v) is 18.7. The van der Waals surface area contributed by atoms with Gasteiger partial charge in [-0.15, -0.1) is 0 Å². The minimum atomic E-state index is -4.38. The third kappa shape index (κ3) is 4.98. The molecule has 0 spiro atoms. The maximum absolute atomic E-state index is 14.2. The van der Waals surface area contributed by atoms with E-state index >= 15 is 0 Å². The fraction of sp³-hybridized carbons (Fsp3) is 0.825. The summed E-state index contributed by atoms with van der Waals surface area (Å²) in [7, 11) is 0. The Bertz CT molecular complexity index is 1390. The average molecular weight is 677 g/mol. The number of nitrogens with two attached hydrogens (primary N) is 1. The van der Waals surface area contributed by atoms with Crippen LogP contribution in [0.25, 0.3) is 0 Å². The summed E-state index contributed by atoms with van der Waals surface area (Å²) in [4.78, 5) is 11.9. The molecule has 0 aromatic rings. The van der Waals surface area contributed by atoms with Crippen molar-refractivity contribution >= 4 is 5.97 Å². The van der Waals surface area contributed by atoms with Crippen LogP contribution in [0.15, 0.2) is 35.5 Å². The Kier molecular flexibility index (Phi) is 8.79. The molecule has 0 saturated heterocycles. The van der Waals surface area contributed by atoms with Gasteiger partial charge >= 0.3 is 12.1 Å². The first-order valence-electron chi connectivity index (χ1n) is 18.7. The van der Waals surface area contributed by atoms with Crippen LogP contribution in [0.3, 0.4) is 0 Å². The zero-order valence-corrected chi connectivity index (χ0v) is 30.2. The Morgan fingerprint density at radius 1 is 0.979 bits per heavy atom. The zero-order chi connectivity index (χ0) is 35.3. The van der Waals surface area contributed by atoms with Crippen molar-refractivity contribution in [2.45, 2.75) is 136 Å². The topological polar surface area (TPSA) is 75.3 Å². The van der Waals surface area contributed by atoms with Crippen LogP contribution in [-0.2, 0) is 4.79 Å². The lowest BCUT2D eigenvalue weighted by Gasteiger charge is -2.72. The number of carboxylic acid groups (broad SMARTS) is 1. The van der Waals surface area contributed by atoms with E-state index in [0.29, 0.717) is 30.6 Å². The number of allylic oxidation sites excluding steroid dienone is 5. The summed E-state index contributed by atoms with van der Waals surface area (Å²) < 4.78 is 56.4. The van der Waals surface area contributed by atoms with Crippen LogP contribution in [0.1, 0.15) is 119 Å². The number of carboxylic acids is 1. The highest BCUT2D eigenvalue weighted by molar-refractivity contribution is 5.75. The average Bonchev–Trinajstić information content (AvgIpc) is 3.39. The SMILES string of the molecule is C=C(C)[C@@H]1CCC2(NC(CN)C(F)(F)F)CC[C@]3(C)C(CC[C@H]4C3(C)CC[C@H]3C(C)(C)C(C5=CC[C@](CF)(C(=O)O)CC5)=CC[C@@]34C)[C@@H]12. The second kappa shape index (κ2) is 11.7. The van der Waals surface area contributed by atoms with Gasteiger partial charge in [0.2, 0.25) is 0 Å². The van der Waals surface area contributed by atoms with Crippen molar-refractivity contribution < 1.29 is 27.5 Å². The van der Waals surface area contributed by atoms with Gasteiger partial charge in [-0.2, -0.15) is 13.2 Å². The molecule has 4 nitrogen and oxygen atoms in total. The second-order valence-corrected chi connectivity index (χ2v) is 18.5. The van der Waals surface area contributed by atoms with E-state index in [0.717, 1.165) is 63.4 Å². The van der Waals surface area contributed by atoms with Crippen LogP contribution >= 0.6 is 0 Å². The highest BCUT2D eigenvalue weighted by Gasteiger charge is 2.71. The van der Waals surface area contributed by atoms with E-state index in [1.54, 1.807) is 0 Å². The highest BCUT2D eigenvalue weighted by Crippen LogP contribution is 2.76. The Morgan fingerprint density at radius 2 is 1.69 bits per heavy atom. The lowest BCUT2D eigenvalue weighted by molar-refractivity contribution is -0.225. The summed E-state index contributed by atoms with van der Waals surface area (Å²) in [5, 5.41) is 13.0. The predicted molar refractivity (Wildman–Crippen MR) is 183 cm³/mol. The zero-order valence-electron chi connectivity index (χ0n) is 30.2. The third-order valence-electron chi connectivity index (χ3n) is 16.4. The Hall–Kier alpha value is -1.67. The molecule has 0 radical (unpaired) electrons. The number of hydrogen-bond acceptors (Lipinski definition) is 3. The van der Waals surface area contributed by atoms with E-state index in [1.165, 1.54) is 11.1 Å². The number of alkyl halides is 4. The number of halogens is 4. The molecule has 0 heterocycles. The van der Waals surface area contributed by atoms with Crippen LogP contribution in [0.4, 0.5) is 17.6 Å². The number of fused-ring (bicyclic) bond motifs is 7. The molecule has 4 saturated carbocycles. The summed E-state index contributed by atoms with van der Waals surface area (Å²) >= 11 is 0. The largest absolute Gasteiger partial charge is 0.481 e. The molecule has 0 amide bonds. The Labute approximate surface area is 285 Å². The van der Waals surface area contributed by atoms with Gasteiger partial charge in [0.05, 0.1) is 5.41 Å². The van der Waals surface area contributed by atoms with Crippen molar-refractivity contribution in [2.75, 3.05) is 13.2 Å². The molecule has 4 unspecified atom stereocenters. The molecule has 270 valence electrons. The smallest absolute Gasteiger partial charge is 0.405 e. The summed E-state index contributed by atoms with van der Waals surface area (Å²) in [5.41, 5.74) is 7.54. The number of aliphatic carboxylic acids is 1. The van der Waals surface area contributed by atoms with E-state index in [1.807, 2.05) is 6.08 Å². The quantitative estimate of drug-likeness (QED) is 0.186. The standard InChI is InChI=1S/C40H60F4N2O2/c1-24(2)26-12-19-39(46-31(22-45)40(42,43)44)21-20-36(6)28(32(26)39)8-9-30-35(5)15-13-27(34(3,4)29(35)14-16-37(30,36)7)25-10-17-38(23-41,18-11-25)33(47)48/h10,13,26,28-32,46H,1,8-9,11-12,14-23,45H2,2-7H3,(H,47,48)/t26-,28?,29-,30+,31?,32+,35-,36+,37?,38-,39?/m0/s1. The monoisotopic (exact) mass is 676 g/mol. The van der Waals surface area contributed by atoms with Gasteiger partial charge in [0.15, 0.2) is 0 Å². The molecule has 4 fully saturated rings. The second-order valence-electron chi connectivity index (χ2n) is 18.5. The van der Waals surface area contributed by atoms with Crippen molar-refractivity contribution in [1.82, 2.24) is 5.32 Å². The maximum atomic E-state index is 14.2. The van der Waals surface area contributed by atoms with Gasteiger partial charge in [-0.1, -0.05) is 58.9 Å². The molecular weight excluding hydrogens is 616 g/mol. The first-order chi connectivity index (χ1) is 22.3. The van der Waals surface area contributed by atoms with Crippen LogP contribution < -0.4 is 11.1 Å². The van der Waals surface area contributed by atoms with Crippen molar-refractivity contribution in [3.8, 4) is 0 Å². The molecule has 11 atom stereocenters. The summed E-state index contributed by atoms with van der Waals surface area (Å²) in [6, 6.07) is -1.70. The van der Waals surface area contributed by atoms with Crippen LogP contribution in [0.5, 0.6) is 0 Å². The summed E-state index contributed by atoms with van der Waals surface area (Å²) in [6.45, 7) is 17.5. The number of nitrogens with one attached hydrogen (secondary N) is 1. The van der Waals surface area contributed by atoms with Gasteiger partial charge in [-0.05, 0) is 146 Å². The lowest BCUT2D eigenvalue weighted by atomic mass is 9.33. The van der Waals surface area contributed by atoms with E-state index in [9.17, 15) is 27.5 Å². The van der Waals surface area contributed by atoms with Gasteiger partial charge in [-0.25, -0.2) is 4.39 Å². The molecule has 6 rings (SSSR count). The van der Waals surface area contributed by atoms with Gasteiger partial charge in [0.1, 0.15) is 12.7 Å². The van der Waals surface area contributed by atoms with Crippen molar-refractivity contribution in [3.63, 3.8) is 0 Å². The molecule has 48 heavy (non-hydrogen) atoms. The molecule has 4 N–H and O–H groups in total. The number of rotatable bonds is 7. The number of carbonyl (C=O) groups is 1. The Balaban J connectivity index is 1.32. The van der Waals surface area contributed by atoms with Gasteiger partial charge < -0.3 is 10.8 Å². The van der Waals surface area contributed by atoms with Crippen LogP contribution in [-0.4, -0.2) is 42.1 Å². The van der Waals surface area contributed by atoms with Crippen molar-refractivity contribution in [2.24, 2.45) is 62.4 Å². The predicted octanol–water partition coefficient (Wildman–Crippen LogP) is 9.56. The molecule has 6 aliphatic rings. The summed E-state index contributed by atoms with van der Waals surface area (Å²) in [6.07, 6.45) is 9.79. The van der Waals surface area contributed by atoms with Gasteiger partial charge in [-0.3, -0.25) is 10.1 Å². The first kappa shape index (κ1) is 36.1. The van der Waals surface area contributed by atoms with Crippen LogP contribution in [0.2, 0.25) is 0 Å². The number of hydrogen-bond donors (Lipinski definition) is 3. The lowest BCUT2D eigenvalue weighted by Crippen LogP contribution is -2.69. The van der Waals surface area contributed by atoms with E-state index in [4.69, 9.17) is 5.73 Å². The summed E-state index contributed by atoms with van der Waals surface area (Å²) in [5.74, 6) is 0.543. The minimum Gasteiger partial charge on any atom is -0.481 e. The molecule has 0 aromatic heterocycles. The van der Waals surface area contributed by atoms with Crippen molar-refractivity contribution in [1.29, 1.82) is 0 Å². The molecular formula is C40H60F4N2O2. The van der Waals surface area contributed by atoms with E-state index in [-0.39, 0.29) is 39.9 Å². The maximum Gasteiger partial charge on any atom is 0.405 e. The molecule has 6 aliphatic carbocycles. The minimum absolute atomic E-state index is 0.000781. The fourth-order valence-electron chi connectivity index (χ4n) is 13.7. The fourth-order valence-corrected chi connectivity index (χ4v) is 13.7. The van der Waals surface area contributed by atoms with Crippen LogP contribution in [0, 0.1) is 56.7 Å². The molecule has 0 aliphatic heterocycles. The van der Waals surface area contributed by atoms with Gasteiger partial charge in [0, 0.05) is 12.1 Å². The third-order valence-corrected chi connectivity index (χ3v) is 16.4. The molecule has 0 aromatic carbocycles. The molecule has 8 heteroatoms. The van der Waals surface area contributed by atoms with E-state index in [2.05, 4.69) is 59.5 Å². The normalized spacial score (nSPS) is 45.9. The Morgan fingerprint density at radius 3 is 2.25 bits per heavy atom.